The third-order valence-electron chi connectivity index (χ3n) is 1.39. The van der Waals surface area contributed by atoms with Gasteiger partial charge in [-0.3, -0.25) is 0 Å². The average Bonchev–Trinajstić information content (AvgIpc) is 2.19. The van der Waals surface area contributed by atoms with Gasteiger partial charge in [-0.1, -0.05) is 31.4 Å². The molecule has 0 aromatic heterocycles. The van der Waals surface area contributed by atoms with E-state index in [2.05, 4.69) is 17.9 Å². The van der Waals surface area contributed by atoms with Crippen molar-refractivity contribution in [3.8, 4) is 5.75 Å². The van der Waals surface area contributed by atoms with Crippen molar-refractivity contribution < 1.29 is 14.3 Å². The van der Waals surface area contributed by atoms with E-state index in [1.54, 1.807) is 24.3 Å². The van der Waals surface area contributed by atoms with E-state index in [4.69, 9.17) is 4.74 Å². The zero-order valence-electron chi connectivity index (χ0n) is 7.60. The zero-order valence-corrected chi connectivity index (χ0v) is 7.60. The van der Waals surface area contributed by atoms with Crippen LogP contribution in [0.1, 0.15) is 0 Å². The second-order valence-corrected chi connectivity index (χ2v) is 2.44. The highest BCUT2D eigenvalue weighted by atomic mass is 16.7. The second kappa shape index (κ2) is 4.87. The molecule has 0 aliphatic rings. The number of carbonyl (C=O) groups is 1. The maximum absolute atomic E-state index is 11.0. The van der Waals surface area contributed by atoms with Crippen LogP contribution in [0.2, 0.25) is 0 Å². The summed E-state index contributed by atoms with van der Waals surface area (Å²) in [6, 6.07) is 8.63. The van der Waals surface area contributed by atoms with Gasteiger partial charge < -0.3 is 9.47 Å². The van der Waals surface area contributed by atoms with Crippen LogP contribution in [0.3, 0.4) is 0 Å². The summed E-state index contributed by atoms with van der Waals surface area (Å²) in [6.07, 6.45) is 0.507. The maximum atomic E-state index is 11.0. The van der Waals surface area contributed by atoms with Crippen LogP contribution in [-0.4, -0.2) is 6.16 Å². The van der Waals surface area contributed by atoms with Gasteiger partial charge in [0.15, 0.2) is 0 Å². The Labute approximate surface area is 82.3 Å². The van der Waals surface area contributed by atoms with E-state index in [9.17, 15) is 4.79 Å². The number of rotatable bonds is 3. The van der Waals surface area contributed by atoms with Gasteiger partial charge >= 0.3 is 6.16 Å². The van der Waals surface area contributed by atoms with Crippen LogP contribution in [0.4, 0.5) is 4.79 Å². The normalized spacial score (nSPS) is 8.86. The van der Waals surface area contributed by atoms with Crippen LogP contribution in [0, 0.1) is 0 Å². The van der Waals surface area contributed by atoms with Crippen LogP contribution < -0.4 is 4.74 Å². The maximum Gasteiger partial charge on any atom is 0.519 e. The summed E-state index contributed by atoms with van der Waals surface area (Å²) in [5.74, 6) is 0.584. The van der Waals surface area contributed by atoms with Gasteiger partial charge in [0.05, 0.1) is 0 Å². The van der Waals surface area contributed by atoms with Gasteiger partial charge in [-0.25, -0.2) is 4.79 Å². The number of para-hydroxylation sites is 1. The molecule has 0 spiro atoms. The van der Waals surface area contributed by atoms with Gasteiger partial charge in [-0.05, 0) is 18.2 Å². The lowest BCUT2D eigenvalue weighted by Crippen LogP contribution is -2.08. The number of allylic oxidation sites excluding steroid dienone is 1. The first-order chi connectivity index (χ1) is 6.72. The average molecular weight is 190 g/mol. The Hall–Kier alpha value is -2.03. The molecule has 0 atom stereocenters. The summed E-state index contributed by atoms with van der Waals surface area (Å²) < 4.78 is 9.45. The first-order valence-electron chi connectivity index (χ1n) is 3.98. The van der Waals surface area contributed by atoms with Gasteiger partial charge in [0, 0.05) is 0 Å². The summed E-state index contributed by atoms with van der Waals surface area (Å²) in [5, 5.41) is 0. The molecule has 0 radical (unpaired) electrons. The molecular weight excluding hydrogens is 180 g/mol. The summed E-state index contributed by atoms with van der Waals surface area (Å²) in [7, 11) is 0. The Balaban J connectivity index is 2.50. The van der Waals surface area contributed by atoms with Crippen molar-refractivity contribution in [2.75, 3.05) is 0 Å². The number of hydrogen-bond acceptors (Lipinski definition) is 3. The minimum Gasteiger partial charge on any atom is -0.395 e. The minimum atomic E-state index is -0.818. The second-order valence-electron chi connectivity index (χ2n) is 2.44. The van der Waals surface area contributed by atoms with Crippen LogP contribution in [0.15, 0.2) is 55.3 Å². The van der Waals surface area contributed by atoms with Crippen molar-refractivity contribution in [3.63, 3.8) is 0 Å². The number of hydrogen-bond donors (Lipinski definition) is 0. The van der Waals surface area contributed by atoms with Gasteiger partial charge in [0.25, 0.3) is 0 Å². The van der Waals surface area contributed by atoms with E-state index in [-0.39, 0.29) is 5.76 Å². The predicted octanol–water partition coefficient (Wildman–Crippen LogP) is 2.90. The van der Waals surface area contributed by atoms with E-state index in [1.165, 1.54) is 6.08 Å². The van der Waals surface area contributed by atoms with Crippen LogP contribution in [0.25, 0.3) is 0 Å². The molecule has 0 saturated carbocycles. The van der Waals surface area contributed by atoms with Gasteiger partial charge in [0.1, 0.15) is 11.5 Å². The molecule has 0 heterocycles. The molecule has 3 heteroatoms. The van der Waals surface area contributed by atoms with Gasteiger partial charge in [0.2, 0.25) is 0 Å². The van der Waals surface area contributed by atoms with Crippen molar-refractivity contribution in [1.29, 1.82) is 0 Å². The lowest BCUT2D eigenvalue weighted by molar-refractivity contribution is 0.130. The van der Waals surface area contributed by atoms with E-state index in [1.807, 2.05) is 6.07 Å². The van der Waals surface area contributed by atoms with Crippen molar-refractivity contribution in [3.05, 3.63) is 55.3 Å². The van der Waals surface area contributed by atoms with Gasteiger partial charge in [-0.2, -0.15) is 0 Å². The lowest BCUT2D eigenvalue weighted by Gasteiger charge is -2.03. The zero-order chi connectivity index (χ0) is 10.4. The Morgan fingerprint density at radius 3 is 2.50 bits per heavy atom. The Morgan fingerprint density at radius 1 is 1.29 bits per heavy atom. The SMILES string of the molecule is C=CC(=C)OC(=O)Oc1ccccc1. The predicted molar refractivity (Wildman–Crippen MR) is 52.9 cm³/mol. The fourth-order valence-electron chi connectivity index (χ4n) is 0.754. The molecule has 0 amide bonds. The summed E-state index contributed by atoms with van der Waals surface area (Å²) >= 11 is 0. The molecule has 0 fully saturated rings. The Bertz CT molecular complexity index is 341. The summed E-state index contributed by atoms with van der Waals surface area (Å²) in [6.45, 7) is 6.80. The van der Waals surface area contributed by atoms with Crippen molar-refractivity contribution in [1.82, 2.24) is 0 Å². The molecule has 72 valence electrons. The third-order valence-corrected chi connectivity index (χ3v) is 1.39. The largest absolute Gasteiger partial charge is 0.519 e. The van der Waals surface area contributed by atoms with E-state index >= 15 is 0 Å². The molecule has 3 nitrogen and oxygen atoms in total. The van der Waals surface area contributed by atoms with Gasteiger partial charge in [-0.15, -0.1) is 0 Å². The highest BCUT2D eigenvalue weighted by Crippen LogP contribution is 2.10. The van der Waals surface area contributed by atoms with Crippen molar-refractivity contribution in [2.24, 2.45) is 0 Å². The Kier molecular flexibility index (Phi) is 3.49. The molecule has 0 aliphatic carbocycles. The van der Waals surface area contributed by atoms with Crippen molar-refractivity contribution >= 4 is 6.16 Å². The fraction of sp³-hybridized carbons (Fsp3) is 0. The highest BCUT2D eigenvalue weighted by molar-refractivity contribution is 5.65. The number of carbonyl (C=O) groups excluding carboxylic acids is 1. The highest BCUT2D eigenvalue weighted by Gasteiger charge is 2.05. The van der Waals surface area contributed by atoms with E-state index in [0.29, 0.717) is 5.75 Å². The molecule has 1 aromatic rings. The van der Waals surface area contributed by atoms with Crippen molar-refractivity contribution in [2.45, 2.75) is 0 Å². The monoisotopic (exact) mass is 190 g/mol. The molecule has 14 heavy (non-hydrogen) atoms. The fourth-order valence-corrected chi connectivity index (χ4v) is 0.754. The molecule has 1 aromatic carbocycles. The molecule has 0 bridgehead atoms. The minimum absolute atomic E-state index is 0.158. The molecular formula is C11H10O3. The first kappa shape index (κ1) is 10.1. The standard InChI is InChI=1S/C11H10O3/c1-3-9(2)13-11(12)14-10-7-5-4-6-8-10/h3-8H,1-2H2. The number of ether oxygens (including phenoxy) is 2. The lowest BCUT2D eigenvalue weighted by atomic mass is 10.3. The van der Waals surface area contributed by atoms with Crippen LogP contribution >= 0.6 is 0 Å². The molecule has 0 unspecified atom stereocenters. The Morgan fingerprint density at radius 2 is 1.93 bits per heavy atom. The number of benzene rings is 1. The van der Waals surface area contributed by atoms with E-state index < -0.39 is 6.16 Å². The first-order valence-corrected chi connectivity index (χ1v) is 3.98. The topological polar surface area (TPSA) is 35.5 Å². The molecule has 0 aliphatic heterocycles. The van der Waals surface area contributed by atoms with Crippen LogP contribution in [0.5, 0.6) is 5.75 Å². The molecule has 0 N–H and O–H groups in total. The molecule has 0 saturated heterocycles. The summed E-state index contributed by atoms with van der Waals surface area (Å²) in [4.78, 5) is 11.0. The smallest absolute Gasteiger partial charge is 0.395 e. The molecule has 1 rings (SSSR count). The van der Waals surface area contributed by atoms with E-state index in [0.717, 1.165) is 0 Å². The van der Waals surface area contributed by atoms with Crippen LogP contribution in [-0.2, 0) is 4.74 Å². The third kappa shape index (κ3) is 3.15. The quantitative estimate of drug-likeness (QED) is 0.318. The summed E-state index contributed by atoms with van der Waals surface area (Å²) in [5.41, 5.74) is 0.